The lowest BCUT2D eigenvalue weighted by Crippen LogP contribution is -2.31. The van der Waals surface area contributed by atoms with E-state index in [1.807, 2.05) is 7.05 Å². The number of nitrogens with zero attached hydrogens (tertiary/aromatic N) is 4. The standard InChI is InChI=1S/C13H16N6S/c1-8(6-9-4-3-5-20-9)19(2)12-10-11(16-7-15-10)17-13(14)18-12/h3-5,7-8H,6H2,1-2H3,(H3,14,15,16,17,18). The van der Waals surface area contributed by atoms with Crippen molar-refractivity contribution in [2.45, 2.75) is 19.4 Å². The SMILES string of the molecule is CC(Cc1cccs1)N(C)c1nc(N)nc2nc[nH]c12. The molecule has 0 saturated heterocycles. The van der Waals surface area contributed by atoms with Crippen LogP contribution in [0, 0.1) is 0 Å². The van der Waals surface area contributed by atoms with Crippen LogP contribution in [0.2, 0.25) is 0 Å². The van der Waals surface area contributed by atoms with E-state index in [1.54, 1.807) is 17.7 Å². The molecule has 6 nitrogen and oxygen atoms in total. The van der Waals surface area contributed by atoms with Gasteiger partial charge in [-0.3, -0.25) is 0 Å². The molecule has 0 aliphatic rings. The smallest absolute Gasteiger partial charge is 0.224 e. The van der Waals surface area contributed by atoms with Crippen molar-refractivity contribution in [1.29, 1.82) is 0 Å². The van der Waals surface area contributed by atoms with Crippen LogP contribution in [0.5, 0.6) is 0 Å². The monoisotopic (exact) mass is 288 g/mol. The van der Waals surface area contributed by atoms with Crippen LogP contribution < -0.4 is 10.6 Å². The Morgan fingerprint density at radius 1 is 1.45 bits per heavy atom. The number of thiophene rings is 1. The number of rotatable bonds is 4. The molecular weight excluding hydrogens is 272 g/mol. The fourth-order valence-electron chi connectivity index (χ4n) is 2.16. The molecule has 7 heteroatoms. The van der Waals surface area contributed by atoms with Crippen molar-refractivity contribution in [3.8, 4) is 0 Å². The number of fused-ring (bicyclic) bond motifs is 1. The first-order chi connectivity index (χ1) is 9.65. The maximum Gasteiger partial charge on any atom is 0.224 e. The fraction of sp³-hybridized carbons (Fsp3) is 0.308. The Bertz CT molecular complexity index is 705. The largest absolute Gasteiger partial charge is 0.368 e. The van der Waals surface area contributed by atoms with Crippen LogP contribution >= 0.6 is 11.3 Å². The van der Waals surface area contributed by atoms with Crippen LogP contribution in [0.25, 0.3) is 11.2 Å². The molecule has 104 valence electrons. The van der Waals surface area contributed by atoms with Gasteiger partial charge in [-0.2, -0.15) is 9.97 Å². The van der Waals surface area contributed by atoms with Gasteiger partial charge in [0.2, 0.25) is 5.95 Å². The van der Waals surface area contributed by atoms with Crippen molar-refractivity contribution < 1.29 is 0 Å². The summed E-state index contributed by atoms with van der Waals surface area (Å²) in [4.78, 5) is 19.2. The Labute approximate surface area is 120 Å². The summed E-state index contributed by atoms with van der Waals surface area (Å²) in [6.45, 7) is 2.17. The van der Waals surface area contributed by atoms with E-state index in [0.29, 0.717) is 11.7 Å². The maximum atomic E-state index is 5.76. The topological polar surface area (TPSA) is 83.7 Å². The van der Waals surface area contributed by atoms with E-state index in [0.717, 1.165) is 17.8 Å². The lowest BCUT2D eigenvalue weighted by molar-refractivity contribution is 0.682. The Morgan fingerprint density at radius 3 is 3.05 bits per heavy atom. The molecule has 1 atom stereocenters. The van der Waals surface area contributed by atoms with Gasteiger partial charge in [0.1, 0.15) is 5.52 Å². The summed E-state index contributed by atoms with van der Waals surface area (Å²) >= 11 is 1.77. The van der Waals surface area contributed by atoms with Crippen LogP contribution in [-0.4, -0.2) is 33.0 Å². The quantitative estimate of drug-likeness (QED) is 0.767. The van der Waals surface area contributed by atoms with Crippen molar-refractivity contribution in [2.75, 3.05) is 17.7 Å². The summed E-state index contributed by atoms with van der Waals surface area (Å²) in [5.41, 5.74) is 7.18. The molecule has 0 aliphatic carbocycles. The number of anilines is 2. The summed E-state index contributed by atoms with van der Waals surface area (Å²) in [5, 5.41) is 2.10. The highest BCUT2D eigenvalue weighted by molar-refractivity contribution is 7.09. The molecule has 3 heterocycles. The van der Waals surface area contributed by atoms with Gasteiger partial charge in [0, 0.05) is 24.4 Å². The molecule has 20 heavy (non-hydrogen) atoms. The Hall–Kier alpha value is -2.15. The van der Waals surface area contributed by atoms with Gasteiger partial charge in [0.05, 0.1) is 6.33 Å². The number of nitrogen functional groups attached to an aromatic ring is 1. The molecule has 3 aromatic rings. The average Bonchev–Trinajstić information content (AvgIpc) is 3.07. The van der Waals surface area contributed by atoms with Crippen molar-refractivity contribution >= 4 is 34.3 Å². The molecule has 0 radical (unpaired) electrons. The van der Waals surface area contributed by atoms with Crippen LogP contribution in [0.3, 0.4) is 0 Å². The summed E-state index contributed by atoms with van der Waals surface area (Å²) in [6, 6.07) is 4.52. The lowest BCUT2D eigenvalue weighted by Gasteiger charge is -2.26. The number of nitrogens with one attached hydrogen (secondary N) is 1. The third-order valence-electron chi connectivity index (χ3n) is 3.36. The summed E-state index contributed by atoms with van der Waals surface area (Å²) in [7, 11) is 2.01. The van der Waals surface area contributed by atoms with Crippen molar-refractivity contribution in [1.82, 2.24) is 19.9 Å². The van der Waals surface area contributed by atoms with Crippen molar-refractivity contribution in [2.24, 2.45) is 0 Å². The van der Waals surface area contributed by atoms with E-state index in [4.69, 9.17) is 5.73 Å². The van der Waals surface area contributed by atoms with E-state index < -0.39 is 0 Å². The number of aromatic nitrogens is 4. The van der Waals surface area contributed by atoms with E-state index in [9.17, 15) is 0 Å². The highest BCUT2D eigenvalue weighted by atomic mass is 32.1. The second-order valence-electron chi connectivity index (χ2n) is 4.75. The second kappa shape index (κ2) is 5.09. The molecule has 0 bridgehead atoms. The minimum Gasteiger partial charge on any atom is -0.368 e. The Kier molecular flexibility index (Phi) is 3.27. The molecular formula is C13H16N6S. The molecule has 0 amide bonds. The number of aromatic amines is 1. The van der Waals surface area contributed by atoms with E-state index in [-0.39, 0.29) is 5.95 Å². The predicted molar refractivity (Wildman–Crippen MR) is 82.0 cm³/mol. The predicted octanol–water partition coefficient (Wildman–Crippen LogP) is 2.06. The first-order valence-electron chi connectivity index (χ1n) is 6.37. The highest BCUT2D eigenvalue weighted by Gasteiger charge is 2.17. The molecule has 3 aromatic heterocycles. The number of imidazole rings is 1. The first kappa shape index (κ1) is 12.9. The average molecular weight is 288 g/mol. The first-order valence-corrected chi connectivity index (χ1v) is 7.25. The molecule has 0 aromatic carbocycles. The fourth-order valence-corrected chi connectivity index (χ4v) is 2.98. The minimum absolute atomic E-state index is 0.245. The van der Waals surface area contributed by atoms with E-state index in [2.05, 4.69) is 49.3 Å². The Balaban J connectivity index is 1.91. The molecule has 1 unspecified atom stereocenters. The summed E-state index contributed by atoms with van der Waals surface area (Å²) in [6.07, 6.45) is 2.58. The highest BCUT2D eigenvalue weighted by Crippen LogP contribution is 2.24. The van der Waals surface area contributed by atoms with Crippen molar-refractivity contribution in [3.05, 3.63) is 28.7 Å². The Morgan fingerprint density at radius 2 is 2.30 bits per heavy atom. The van der Waals surface area contributed by atoms with E-state index >= 15 is 0 Å². The molecule has 0 spiro atoms. The van der Waals surface area contributed by atoms with E-state index in [1.165, 1.54) is 4.88 Å². The van der Waals surface area contributed by atoms with Gasteiger partial charge in [-0.05, 0) is 18.4 Å². The number of hydrogen-bond donors (Lipinski definition) is 2. The number of H-pyrrole nitrogens is 1. The third-order valence-corrected chi connectivity index (χ3v) is 4.25. The van der Waals surface area contributed by atoms with Gasteiger partial charge < -0.3 is 15.6 Å². The van der Waals surface area contributed by atoms with Crippen LogP contribution in [0.15, 0.2) is 23.8 Å². The van der Waals surface area contributed by atoms with Gasteiger partial charge in [-0.15, -0.1) is 11.3 Å². The zero-order valence-electron chi connectivity index (χ0n) is 11.4. The maximum absolute atomic E-state index is 5.76. The zero-order valence-corrected chi connectivity index (χ0v) is 12.2. The summed E-state index contributed by atoms with van der Waals surface area (Å²) in [5.74, 6) is 1.03. The molecule has 0 aliphatic heterocycles. The van der Waals surface area contributed by atoms with Crippen LogP contribution in [0.1, 0.15) is 11.8 Å². The van der Waals surface area contributed by atoms with Gasteiger partial charge in [-0.25, -0.2) is 4.98 Å². The number of hydrogen-bond acceptors (Lipinski definition) is 6. The second-order valence-corrected chi connectivity index (χ2v) is 5.78. The number of likely N-dealkylation sites (N-methyl/N-ethyl adjacent to an activating group) is 1. The minimum atomic E-state index is 0.245. The van der Waals surface area contributed by atoms with Gasteiger partial charge >= 0.3 is 0 Å². The third kappa shape index (κ3) is 2.32. The molecule has 0 saturated carbocycles. The number of nitrogens with two attached hydrogens (primary N) is 1. The van der Waals surface area contributed by atoms with Gasteiger partial charge in [0.25, 0.3) is 0 Å². The summed E-state index contributed by atoms with van der Waals surface area (Å²) < 4.78 is 0. The lowest BCUT2D eigenvalue weighted by atomic mass is 10.2. The molecule has 3 N–H and O–H groups in total. The van der Waals surface area contributed by atoms with Crippen LogP contribution in [-0.2, 0) is 6.42 Å². The van der Waals surface area contributed by atoms with Gasteiger partial charge in [-0.1, -0.05) is 6.07 Å². The van der Waals surface area contributed by atoms with Crippen LogP contribution in [0.4, 0.5) is 11.8 Å². The van der Waals surface area contributed by atoms with Crippen molar-refractivity contribution in [3.63, 3.8) is 0 Å². The molecule has 0 fully saturated rings. The normalized spacial score (nSPS) is 12.7. The zero-order chi connectivity index (χ0) is 14.1. The molecule has 3 rings (SSSR count). The van der Waals surface area contributed by atoms with Gasteiger partial charge in [0.15, 0.2) is 11.5 Å².